The zero-order valence-electron chi connectivity index (χ0n) is 21.7. The van der Waals surface area contributed by atoms with Crippen LogP contribution in [-0.4, -0.2) is 42.7 Å². The van der Waals surface area contributed by atoms with E-state index in [-0.39, 0.29) is 17.4 Å². The average Bonchev–Trinajstić information content (AvgIpc) is 3.49. The lowest BCUT2D eigenvalue weighted by Crippen LogP contribution is -2.30. The lowest BCUT2D eigenvalue weighted by Gasteiger charge is -2.13. The van der Waals surface area contributed by atoms with Crippen LogP contribution in [0.4, 0.5) is 10.8 Å². The SMILES string of the molecule is COc1ccc(/C=C(\NC(=O)c2ccccc2)C(=O)Nc2ccc(SCC(=O)Nc3nccs3)cc2)cc1OC. The zero-order valence-corrected chi connectivity index (χ0v) is 23.3. The summed E-state index contributed by atoms with van der Waals surface area (Å²) in [5.41, 5.74) is 1.60. The molecule has 4 rings (SSSR count). The van der Waals surface area contributed by atoms with Crippen molar-refractivity contribution >= 4 is 57.7 Å². The number of amides is 3. The van der Waals surface area contributed by atoms with Crippen molar-refractivity contribution in [3.63, 3.8) is 0 Å². The Kier molecular flexibility index (Phi) is 9.92. The van der Waals surface area contributed by atoms with Crippen molar-refractivity contribution in [3.8, 4) is 11.5 Å². The molecule has 1 heterocycles. The molecule has 0 aliphatic carbocycles. The third-order valence-electron chi connectivity index (χ3n) is 5.41. The molecular weight excluding hydrogens is 548 g/mol. The minimum atomic E-state index is -0.512. The van der Waals surface area contributed by atoms with E-state index in [2.05, 4.69) is 20.9 Å². The molecule has 0 aliphatic rings. The molecule has 1 aromatic heterocycles. The average molecular weight is 575 g/mol. The van der Waals surface area contributed by atoms with Gasteiger partial charge in [-0.25, -0.2) is 4.98 Å². The van der Waals surface area contributed by atoms with Crippen LogP contribution in [0.2, 0.25) is 0 Å². The van der Waals surface area contributed by atoms with Crippen LogP contribution in [0.15, 0.2) is 95.0 Å². The van der Waals surface area contributed by atoms with Crippen molar-refractivity contribution in [2.45, 2.75) is 4.90 Å². The molecule has 3 aromatic carbocycles. The topological polar surface area (TPSA) is 119 Å². The third kappa shape index (κ3) is 7.95. The lowest BCUT2D eigenvalue weighted by molar-refractivity contribution is -0.114. The largest absolute Gasteiger partial charge is 0.493 e. The number of nitrogens with one attached hydrogen (secondary N) is 3. The smallest absolute Gasteiger partial charge is 0.272 e. The van der Waals surface area contributed by atoms with E-state index in [1.807, 2.05) is 0 Å². The Labute approximate surface area is 239 Å². The first kappa shape index (κ1) is 28.4. The van der Waals surface area contributed by atoms with Gasteiger partial charge in [0.15, 0.2) is 16.6 Å². The van der Waals surface area contributed by atoms with Crippen molar-refractivity contribution in [1.82, 2.24) is 10.3 Å². The third-order valence-corrected chi connectivity index (χ3v) is 7.11. The minimum Gasteiger partial charge on any atom is -0.493 e. The molecule has 4 aromatic rings. The number of carbonyl (C=O) groups is 3. The maximum Gasteiger partial charge on any atom is 0.272 e. The first-order valence-corrected chi connectivity index (χ1v) is 13.9. The fourth-order valence-corrected chi connectivity index (χ4v) is 4.72. The molecule has 0 saturated carbocycles. The monoisotopic (exact) mass is 574 g/mol. The van der Waals surface area contributed by atoms with Crippen LogP contribution in [0.25, 0.3) is 6.08 Å². The van der Waals surface area contributed by atoms with Gasteiger partial charge in [-0.1, -0.05) is 24.3 Å². The number of thiazole rings is 1. The van der Waals surface area contributed by atoms with Crippen LogP contribution in [0.3, 0.4) is 0 Å². The molecule has 0 fully saturated rings. The van der Waals surface area contributed by atoms with Crippen LogP contribution in [0.5, 0.6) is 11.5 Å². The number of ether oxygens (including phenoxy) is 2. The number of rotatable bonds is 11. The number of anilines is 2. The zero-order chi connectivity index (χ0) is 28.3. The molecule has 0 spiro atoms. The van der Waals surface area contributed by atoms with E-state index in [4.69, 9.17) is 9.47 Å². The maximum atomic E-state index is 13.3. The number of nitrogens with zero attached hydrogens (tertiary/aromatic N) is 1. The van der Waals surface area contributed by atoms with Gasteiger partial charge in [-0.2, -0.15) is 0 Å². The van der Waals surface area contributed by atoms with Crippen molar-refractivity contribution in [2.75, 3.05) is 30.6 Å². The Morgan fingerprint density at radius 2 is 1.68 bits per heavy atom. The lowest BCUT2D eigenvalue weighted by atomic mass is 10.1. The summed E-state index contributed by atoms with van der Waals surface area (Å²) in [6, 6.07) is 20.9. The van der Waals surface area contributed by atoms with E-state index in [1.54, 1.807) is 90.4 Å². The fraction of sp³-hybridized carbons (Fsp3) is 0.103. The molecule has 40 heavy (non-hydrogen) atoms. The van der Waals surface area contributed by atoms with Crippen LogP contribution in [0, 0.1) is 0 Å². The quantitative estimate of drug-likeness (QED) is 0.164. The number of hydrogen-bond donors (Lipinski definition) is 3. The summed E-state index contributed by atoms with van der Waals surface area (Å²) in [7, 11) is 3.05. The second kappa shape index (κ2) is 14.0. The van der Waals surface area contributed by atoms with E-state index < -0.39 is 11.8 Å². The number of aromatic nitrogens is 1. The van der Waals surface area contributed by atoms with E-state index in [1.165, 1.54) is 37.3 Å². The Morgan fingerprint density at radius 1 is 0.925 bits per heavy atom. The molecule has 9 nitrogen and oxygen atoms in total. The molecule has 3 N–H and O–H groups in total. The van der Waals surface area contributed by atoms with Crippen LogP contribution < -0.4 is 25.4 Å². The molecule has 0 atom stereocenters. The molecule has 3 amide bonds. The molecular formula is C29H26N4O5S2. The summed E-state index contributed by atoms with van der Waals surface area (Å²) in [6.07, 6.45) is 3.19. The van der Waals surface area contributed by atoms with Crippen LogP contribution in [-0.2, 0) is 9.59 Å². The van der Waals surface area contributed by atoms with Crippen molar-refractivity contribution < 1.29 is 23.9 Å². The molecule has 0 radical (unpaired) electrons. The molecule has 11 heteroatoms. The van der Waals surface area contributed by atoms with Gasteiger partial charge in [0, 0.05) is 27.7 Å². The number of thioether (sulfide) groups is 1. The van der Waals surface area contributed by atoms with Gasteiger partial charge in [0.2, 0.25) is 5.91 Å². The van der Waals surface area contributed by atoms with Gasteiger partial charge >= 0.3 is 0 Å². The van der Waals surface area contributed by atoms with Crippen molar-refractivity contribution in [1.29, 1.82) is 0 Å². The molecule has 0 unspecified atom stereocenters. The minimum absolute atomic E-state index is 0.0402. The van der Waals surface area contributed by atoms with Gasteiger partial charge in [-0.3, -0.25) is 14.4 Å². The standard InChI is InChI=1S/C29H26N4O5S2/c1-37-24-13-8-19(17-25(24)38-2)16-23(32-27(35)20-6-4-3-5-7-20)28(36)31-21-9-11-22(12-10-21)40-18-26(34)33-29-30-14-15-39-29/h3-17H,18H2,1-2H3,(H,31,36)(H,32,35)(H,30,33,34)/b23-16-. The Morgan fingerprint density at radius 3 is 2.35 bits per heavy atom. The van der Waals surface area contributed by atoms with Gasteiger partial charge in [0.25, 0.3) is 11.8 Å². The van der Waals surface area contributed by atoms with Gasteiger partial charge in [0.05, 0.1) is 20.0 Å². The van der Waals surface area contributed by atoms with Crippen molar-refractivity contribution in [3.05, 3.63) is 101 Å². The highest BCUT2D eigenvalue weighted by Gasteiger charge is 2.16. The number of hydrogen-bond acceptors (Lipinski definition) is 8. The van der Waals surface area contributed by atoms with Gasteiger partial charge in [0.1, 0.15) is 5.70 Å². The van der Waals surface area contributed by atoms with E-state index in [0.29, 0.717) is 33.4 Å². The summed E-state index contributed by atoms with van der Waals surface area (Å²) in [6.45, 7) is 0. The summed E-state index contributed by atoms with van der Waals surface area (Å²) < 4.78 is 10.7. The van der Waals surface area contributed by atoms with Gasteiger partial charge in [-0.15, -0.1) is 23.1 Å². The highest BCUT2D eigenvalue weighted by molar-refractivity contribution is 8.00. The number of methoxy groups -OCH3 is 2. The van der Waals surface area contributed by atoms with Crippen molar-refractivity contribution in [2.24, 2.45) is 0 Å². The molecule has 0 saturated heterocycles. The number of benzene rings is 3. The molecule has 0 aliphatic heterocycles. The predicted octanol–water partition coefficient (Wildman–Crippen LogP) is 5.30. The highest BCUT2D eigenvalue weighted by atomic mass is 32.2. The van der Waals surface area contributed by atoms with E-state index in [0.717, 1.165) is 4.90 Å². The fourth-order valence-electron chi connectivity index (χ4n) is 3.47. The summed E-state index contributed by atoms with van der Waals surface area (Å²) >= 11 is 2.71. The first-order chi connectivity index (χ1) is 19.4. The van der Waals surface area contributed by atoms with E-state index in [9.17, 15) is 14.4 Å². The van der Waals surface area contributed by atoms with Gasteiger partial charge in [-0.05, 0) is 60.2 Å². The highest BCUT2D eigenvalue weighted by Crippen LogP contribution is 2.28. The summed E-state index contributed by atoms with van der Waals surface area (Å²) in [4.78, 5) is 43.2. The first-order valence-electron chi connectivity index (χ1n) is 12.0. The van der Waals surface area contributed by atoms with Gasteiger partial charge < -0.3 is 25.4 Å². The van der Waals surface area contributed by atoms with Crippen LogP contribution >= 0.6 is 23.1 Å². The predicted molar refractivity (Wildman–Crippen MR) is 158 cm³/mol. The van der Waals surface area contributed by atoms with Crippen LogP contribution in [0.1, 0.15) is 15.9 Å². The Hall–Kier alpha value is -4.61. The second-order valence-electron chi connectivity index (χ2n) is 8.15. The Balaban J connectivity index is 1.47. The summed E-state index contributed by atoms with van der Waals surface area (Å²) in [5, 5.41) is 10.6. The molecule has 0 bridgehead atoms. The normalized spacial score (nSPS) is 10.9. The molecule has 204 valence electrons. The Bertz CT molecular complexity index is 1490. The van der Waals surface area contributed by atoms with E-state index >= 15 is 0 Å². The number of carbonyl (C=O) groups excluding carboxylic acids is 3. The second-order valence-corrected chi connectivity index (χ2v) is 10.1. The maximum absolute atomic E-state index is 13.3. The summed E-state index contributed by atoms with van der Waals surface area (Å²) in [5.74, 6) is 0.148.